The highest BCUT2D eigenvalue weighted by Gasteiger charge is 2.40. The fraction of sp³-hybridized carbons (Fsp3) is 0.609. The van der Waals surface area contributed by atoms with Crippen LogP contribution in [0.1, 0.15) is 56.8 Å². The van der Waals surface area contributed by atoms with Gasteiger partial charge in [0.1, 0.15) is 5.52 Å². The molecule has 0 radical (unpaired) electrons. The normalized spacial score (nSPS) is 26.9. The number of likely N-dealkylation sites (tertiary alicyclic amines) is 1. The zero-order valence-corrected chi connectivity index (χ0v) is 16.7. The molecule has 1 aliphatic heterocycles. The van der Waals surface area contributed by atoms with E-state index in [1.165, 1.54) is 19.3 Å². The van der Waals surface area contributed by atoms with E-state index in [9.17, 15) is 9.59 Å². The van der Waals surface area contributed by atoms with Gasteiger partial charge in [-0.25, -0.2) is 4.98 Å². The summed E-state index contributed by atoms with van der Waals surface area (Å²) >= 11 is 0. The standard InChI is InChI=1S/C23H28N2O4/c26-21(14-28-22(27)13-18-12-15-5-6-17(18)11-15)25-9-7-16(8-10-25)23-24-19-3-1-2-4-20(19)29-23/h1-4,15-18H,5-14H2/t15-,17+,18+/m0/s1. The van der Waals surface area contributed by atoms with Crippen LogP contribution in [0, 0.1) is 17.8 Å². The number of benzene rings is 1. The highest BCUT2D eigenvalue weighted by molar-refractivity contribution is 5.80. The molecule has 1 aromatic carbocycles. The zero-order chi connectivity index (χ0) is 19.8. The molecule has 2 aromatic rings. The molecule has 1 aromatic heterocycles. The molecule has 3 aliphatic rings. The van der Waals surface area contributed by atoms with Gasteiger partial charge in [0.25, 0.3) is 5.91 Å². The van der Waals surface area contributed by atoms with Crippen LogP contribution in [0.3, 0.4) is 0 Å². The first-order valence-corrected chi connectivity index (χ1v) is 10.9. The molecule has 3 fully saturated rings. The molecule has 2 bridgehead atoms. The van der Waals surface area contributed by atoms with Crippen molar-refractivity contribution in [1.82, 2.24) is 9.88 Å². The van der Waals surface area contributed by atoms with Crippen molar-refractivity contribution in [2.75, 3.05) is 19.7 Å². The van der Waals surface area contributed by atoms with E-state index >= 15 is 0 Å². The topological polar surface area (TPSA) is 72.6 Å². The molecular weight excluding hydrogens is 368 g/mol. The van der Waals surface area contributed by atoms with Crippen LogP contribution in [0.15, 0.2) is 28.7 Å². The van der Waals surface area contributed by atoms with E-state index < -0.39 is 0 Å². The van der Waals surface area contributed by atoms with E-state index in [0.717, 1.165) is 42.2 Å². The number of nitrogens with zero attached hydrogens (tertiary/aromatic N) is 2. The monoisotopic (exact) mass is 396 g/mol. The Labute approximate surface area is 170 Å². The first-order valence-electron chi connectivity index (χ1n) is 10.9. The summed E-state index contributed by atoms with van der Waals surface area (Å²) in [5.41, 5.74) is 1.69. The summed E-state index contributed by atoms with van der Waals surface area (Å²) in [7, 11) is 0. The molecular formula is C23H28N2O4. The highest BCUT2D eigenvalue weighted by Crippen LogP contribution is 2.49. The Morgan fingerprint density at radius 2 is 1.93 bits per heavy atom. The minimum absolute atomic E-state index is 0.0951. The van der Waals surface area contributed by atoms with Crippen LogP contribution in [0.2, 0.25) is 0 Å². The van der Waals surface area contributed by atoms with Crippen molar-refractivity contribution in [3.63, 3.8) is 0 Å². The van der Waals surface area contributed by atoms with Crippen LogP contribution < -0.4 is 0 Å². The number of esters is 1. The molecule has 0 spiro atoms. The van der Waals surface area contributed by atoms with Gasteiger partial charge < -0.3 is 14.1 Å². The fourth-order valence-electron chi connectivity index (χ4n) is 5.57. The van der Waals surface area contributed by atoms with Crippen molar-refractivity contribution in [3.8, 4) is 0 Å². The molecule has 5 rings (SSSR count). The first kappa shape index (κ1) is 18.6. The number of fused-ring (bicyclic) bond motifs is 3. The lowest BCUT2D eigenvalue weighted by Gasteiger charge is -2.30. The molecule has 6 nitrogen and oxygen atoms in total. The van der Waals surface area contributed by atoms with Gasteiger partial charge in [-0.2, -0.15) is 0 Å². The van der Waals surface area contributed by atoms with Crippen molar-refractivity contribution >= 4 is 23.0 Å². The summed E-state index contributed by atoms with van der Waals surface area (Å²) in [6.07, 6.45) is 7.15. The van der Waals surface area contributed by atoms with Crippen molar-refractivity contribution in [1.29, 1.82) is 0 Å². The van der Waals surface area contributed by atoms with Crippen molar-refractivity contribution in [2.45, 2.75) is 50.9 Å². The third-order valence-corrected chi connectivity index (χ3v) is 7.18. The molecule has 29 heavy (non-hydrogen) atoms. The zero-order valence-electron chi connectivity index (χ0n) is 16.7. The lowest BCUT2D eigenvalue weighted by atomic mass is 9.86. The third kappa shape index (κ3) is 3.89. The number of piperidine rings is 1. The number of aromatic nitrogens is 1. The van der Waals surface area contributed by atoms with Crippen LogP contribution in [0.25, 0.3) is 11.1 Å². The van der Waals surface area contributed by atoms with Crippen LogP contribution in [0.5, 0.6) is 0 Å². The van der Waals surface area contributed by atoms with Gasteiger partial charge >= 0.3 is 5.97 Å². The first-order chi connectivity index (χ1) is 14.2. The Morgan fingerprint density at radius 1 is 1.10 bits per heavy atom. The fourth-order valence-corrected chi connectivity index (χ4v) is 5.57. The van der Waals surface area contributed by atoms with Gasteiger partial charge in [-0.15, -0.1) is 0 Å². The molecule has 0 unspecified atom stereocenters. The molecule has 2 saturated carbocycles. The third-order valence-electron chi connectivity index (χ3n) is 7.18. The predicted molar refractivity (Wildman–Crippen MR) is 107 cm³/mol. The van der Waals surface area contributed by atoms with Crippen LogP contribution in [0.4, 0.5) is 0 Å². The number of carbonyl (C=O) groups excluding carboxylic acids is 2. The second kappa shape index (κ2) is 7.81. The molecule has 2 aliphatic carbocycles. The summed E-state index contributed by atoms with van der Waals surface area (Å²) in [6.45, 7) is 1.16. The van der Waals surface area contributed by atoms with Crippen molar-refractivity contribution in [2.24, 2.45) is 17.8 Å². The van der Waals surface area contributed by atoms with Crippen LogP contribution in [-0.4, -0.2) is 41.5 Å². The number of ether oxygens (including phenoxy) is 1. The number of amides is 1. The molecule has 154 valence electrons. The molecule has 1 saturated heterocycles. The average Bonchev–Trinajstić information content (AvgIpc) is 3.47. The maximum Gasteiger partial charge on any atom is 0.306 e. The quantitative estimate of drug-likeness (QED) is 0.717. The van der Waals surface area contributed by atoms with Gasteiger partial charge in [0, 0.05) is 25.4 Å². The minimum atomic E-state index is -0.211. The lowest BCUT2D eigenvalue weighted by molar-refractivity contribution is -0.153. The molecule has 0 N–H and O–H groups in total. The van der Waals surface area contributed by atoms with Gasteiger partial charge in [0.15, 0.2) is 18.1 Å². The SMILES string of the molecule is O=C(C[C@H]1C[C@H]2CC[C@@H]1C2)OCC(=O)N1CCC(c2nc3ccccc3o2)CC1. The summed E-state index contributed by atoms with van der Waals surface area (Å²) in [5, 5.41) is 0. The van der Waals surface area contributed by atoms with E-state index in [2.05, 4.69) is 4.98 Å². The number of hydrogen-bond donors (Lipinski definition) is 0. The molecule has 1 amide bonds. The van der Waals surface area contributed by atoms with Crippen LogP contribution in [-0.2, 0) is 14.3 Å². The number of rotatable bonds is 5. The van der Waals surface area contributed by atoms with Gasteiger partial charge in [-0.1, -0.05) is 18.6 Å². The van der Waals surface area contributed by atoms with Gasteiger partial charge in [-0.05, 0) is 62.0 Å². The largest absolute Gasteiger partial charge is 0.456 e. The summed E-state index contributed by atoms with van der Waals surface area (Å²) in [6, 6.07) is 7.77. The van der Waals surface area contributed by atoms with Gasteiger partial charge in [-0.3, -0.25) is 9.59 Å². The maximum absolute atomic E-state index is 12.5. The molecule has 3 atom stereocenters. The Bertz CT molecular complexity index is 866. The summed E-state index contributed by atoms with van der Waals surface area (Å²) in [5.74, 6) is 2.68. The number of hydrogen-bond acceptors (Lipinski definition) is 5. The Hall–Kier alpha value is -2.37. The van der Waals surface area contributed by atoms with Gasteiger partial charge in [0.2, 0.25) is 0 Å². The van der Waals surface area contributed by atoms with Crippen LogP contribution >= 0.6 is 0 Å². The number of oxazole rings is 1. The van der Waals surface area contributed by atoms with E-state index in [1.54, 1.807) is 4.90 Å². The Kier molecular flexibility index (Phi) is 5.02. The average molecular weight is 396 g/mol. The number of carbonyl (C=O) groups is 2. The second-order valence-corrected chi connectivity index (χ2v) is 8.97. The van der Waals surface area contributed by atoms with E-state index in [0.29, 0.717) is 31.3 Å². The molecule has 6 heteroatoms. The predicted octanol–water partition coefficient (Wildman–Crippen LogP) is 3.90. The summed E-state index contributed by atoms with van der Waals surface area (Å²) < 4.78 is 11.2. The van der Waals surface area contributed by atoms with Crippen molar-refractivity contribution in [3.05, 3.63) is 30.2 Å². The van der Waals surface area contributed by atoms with Crippen molar-refractivity contribution < 1.29 is 18.7 Å². The maximum atomic E-state index is 12.5. The second-order valence-electron chi connectivity index (χ2n) is 8.97. The smallest absolute Gasteiger partial charge is 0.306 e. The van der Waals surface area contributed by atoms with E-state index in [1.807, 2.05) is 24.3 Å². The van der Waals surface area contributed by atoms with E-state index in [-0.39, 0.29) is 24.4 Å². The van der Waals surface area contributed by atoms with E-state index in [4.69, 9.17) is 9.15 Å². The lowest BCUT2D eigenvalue weighted by Crippen LogP contribution is -2.40. The molecule has 2 heterocycles. The highest BCUT2D eigenvalue weighted by atomic mass is 16.5. The number of para-hydroxylation sites is 2. The Balaban J connectivity index is 1.07. The minimum Gasteiger partial charge on any atom is -0.456 e. The van der Waals surface area contributed by atoms with Gasteiger partial charge in [0.05, 0.1) is 0 Å². The summed E-state index contributed by atoms with van der Waals surface area (Å²) in [4.78, 5) is 31.0. The Morgan fingerprint density at radius 3 is 2.66 bits per heavy atom.